The molecule has 0 bridgehead atoms. The Morgan fingerprint density at radius 2 is 1.96 bits per heavy atom. The van der Waals surface area contributed by atoms with Crippen molar-refractivity contribution in [3.8, 4) is 0 Å². The minimum absolute atomic E-state index is 0.0800. The molecule has 25 heavy (non-hydrogen) atoms. The predicted octanol–water partition coefficient (Wildman–Crippen LogP) is -0.158. The predicted molar refractivity (Wildman–Crippen MR) is 86.8 cm³/mol. The quantitative estimate of drug-likeness (QED) is 0.659. The first kappa shape index (κ1) is 19.1. The Morgan fingerprint density at radius 3 is 2.56 bits per heavy atom. The topological polar surface area (TPSA) is 131 Å². The highest BCUT2D eigenvalue weighted by molar-refractivity contribution is 7.89. The summed E-state index contributed by atoms with van der Waals surface area (Å²) in [4.78, 5) is 22.2. The number of nitrogens with one attached hydrogen (secondary N) is 2. The summed E-state index contributed by atoms with van der Waals surface area (Å²) in [5.74, 6) is -1.55. The number of primary amides is 1. The van der Waals surface area contributed by atoms with Crippen LogP contribution in [-0.2, 0) is 19.6 Å². The van der Waals surface area contributed by atoms with Crippen LogP contribution in [0.1, 0.15) is 6.92 Å². The van der Waals surface area contributed by atoms with E-state index in [2.05, 4.69) is 10.6 Å². The number of ether oxygens (including phenoxy) is 1. The number of morpholine rings is 1. The summed E-state index contributed by atoms with van der Waals surface area (Å²) in [6, 6.07) is 1.39. The van der Waals surface area contributed by atoms with E-state index in [9.17, 15) is 22.4 Å². The molecule has 2 rings (SSSR count). The lowest BCUT2D eigenvalue weighted by Gasteiger charge is -2.26. The highest BCUT2D eigenvalue weighted by Gasteiger charge is 2.29. The molecule has 1 aliphatic rings. The number of benzene rings is 1. The first-order valence-electron chi connectivity index (χ1n) is 7.46. The zero-order valence-corrected chi connectivity index (χ0v) is 14.3. The van der Waals surface area contributed by atoms with Gasteiger partial charge in [-0.3, -0.25) is 4.79 Å². The summed E-state index contributed by atoms with van der Waals surface area (Å²) >= 11 is 0. The minimum atomic E-state index is -4.05. The summed E-state index contributed by atoms with van der Waals surface area (Å²) < 4.78 is 45.4. The molecule has 0 aromatic heterocycles. The van der Waals surface area contributed by atoms with Crippen molar-refractivity contribution in [3.63, 3.8) is 0 Å². The Morgan fingerprint density at radius 1 is 1.32 bits per heavy atom. The van der Waals surface area contributed by atoms with E-state index >= 15 is 0 Å². The molecule has 0 spiro atoms. The molecule has 1 atom stereocenters. The zero-order valence-electron chi connectivity index (χ0n) is 13.5. The third kappa shape index (κ3) is 4.65. The van der Waals surface area contributed by atoms with E-state index in [0.29, 0.717) is 0 Å². The molecule has 138 valence electrons. The summed E-state index contributed by atoms with van der Waals surface area (Å²) in [6.07, 6.45) is 0. The number of urea groups is 1. The number of nitrogens with two attached hydrogens (primary N) is 1. The largest absolute Gasteiger partial charge is 0.379 e. The van der Waals surface area contributed by atoms with Crippen molar-refractivity contribution in [3.05, 3.63) is 24.0 Å². The van der Waals surface area contributed by atoms with Gasteiger partial charge in [0.05, 0.1) is 13.2 Å². The number of nitrogens with zero attached hydrogens (tertiary/aromatic N) is 1. The van der Waals surface area contributed by atoms with Crippen LogP contribution in [0.15, 0.2) is 23.1 Å². The van der Waals surface area contributed by atoms with Crippen molar-refractivity contribution in [2.24, 2.45) is 5.73 Å². The first-order valence-corrected chi connectivity index (χ1v) is 8.90. The standard InChI is InChI=1S/C14H19FN4O5S/c1-9(17-14(16)21)13(20)18-10-2-3-11(15)12(8-10)25(22,23)19-4-6-24-7-5-19/h2-3,8-9H,4-7H2,1H3,(H,18,20)(H3,16,17,21)/t9-/m1/s1. The fourth-order valence-corrected chi connectivity index (χ4v) is 3.73. The van der Waals surface area contributed by atoms with Gasteiger partial charge in [0.2, 0.25) is 15.9 Å². The molecule has 0 aliphatic carbocycles. The van der Waals surface area contributed by atoms with E-state index in [1.165, 1.54) is 13.0 Å². The van der Waals surface area contributed by atoms with Gasteiger partial charge in [-0.2, -0.15) is 4.31 Å². The zero-order chi connectivity index (χ0) is 18.6. The molecule has 1 heterocycles. The summed E-state index contributed by atoms with van der Waals surface area (Å²) in [6.45, 7) is 2.10. The molecular weight excluding hydrogens is 355 g/mol. The van der Waals surface area contributed by atoms with Gasteiger partial charge in [-0.15, -0.1) is 0 Å². The van der Waals surface area contributed by atoms with Gasteiger partial charge >= 0.3 is 6.03 Å². The van der Waals surface area contributed by atoms with Crippen LogP contribution in [0.3, 0.4) is 0 Å². The van der Waals surface area contributed by atoms with Crippen molar-refractivity contribution >= 4 is 27.6 Å². The molecule has 11 heteroatoms. The maximum Gasteiger partial charge on any atom is 0.312 e. The monoisotopic (exact) mass is 374 g/mol. The van der Waals surface area contributed by atoms with Crippen molar-refractivity contribution < 1.29 is 27.1 Å². The summed E-state index contributed by atoms with van der Waals surface area (Å²) in [7, 11) is -4.05. The van der Waals surface area contributed by atoms with E-state index in [0.717, 1.165) is 16.4 Å². The van der Waals surface area contributed by atoms with Gasteiger partial charge in [-0.25, -0.2) is 17.6 Å². The highest BCUT2D eigenvalue weighted by Crippen LogP contribution is 2.24. The molecule has 9 nitrogen and oxygen atoms in total. The van der Waals surface area contributed by atoms with E-state index in [4.69, 9.17) is 10.5 Å². The molecule has 1 aromatic carbocycles. The SMILES string of the molecule is C[C@@H](NC(N)=O)C(=O)Nc1ccc(F)c(S(=O)(=O)N2CCOCC2)c1. The van der Waals surface area contributed by atoms with Crippen LogP contribution in [0.5, 0.6) is 0 Å². The Labute approximate surface area is 144 Å². The van der Waals surface area contributed by atoms with Crippen LogP contribution in [0.25, 0.3) is 0 Å². The third-order valence-corrected chi connectivity index (χ3v) is 5.45. The van der Waals surface area contributed by atoms with Gasteiger partial charge in [0.25, 0.3) is 0 Å². The number of carbonyl (C=O) groups excluding carboxylic acids is 2. The maximum atomic E-state index is 14.1. The molecule has 1 saturated heterocycles. The van der Waals surface area contributed by atoms with Crippen LogP contribution in [0.4, 0.5) is 14.9 Å². The molecule has 4 N–H and O–H groups in total. The first-order chi connectivity index (χ1) is 11.7. The smallest absolute Gasteiger partial charge is 0.312 e. The van der Waals surface area contributed by atoms with Crippen molar-refractivity contribution in [2.45, 2.75) is 17.9 Å². The number of carbonyl (C=O) groups is 2. The lowest BCUT2D eigenvalue weighted by atomic mass is 10.2. The van der Waals surface area contributed by atoms with Gasteiger partial charge in [-0.1, -0.05) is 0 Å². The number of hydrogen-bond donors (Lipinski definition) is 3. The molecule has 1 aliphatic heterocycles. The lowest BCUT2D eigenvalue weighted by Crippen LogP contribution is -2.44. The normalized spacial score (nSPS) is 16.9. The van der Waals surface area contributed by atoms with E-state index in [1.54, 1.807) is 0 Å². The second kappa shape index (κ2) is 7.76. The second-order valence-electron chi connectivity index (χ2n) is 5.38. The van der Waals surface area contributed by atoms with Gasteiger partial charge in [0.15, 0.2) is 0 Å². The Balaban J connectivity index is 2.22. The van der Waals surface area contributed by atoms with Crippen LogP contribution < -0.4 is 16.4 Å². The Kier molecular flexibility index (Phi) is 5.93. The lowest BCUT2D eigenvalue weighted by molar-refractivity contribution is -0.117. The highest BCUT2D eigenvalue weighted by atomic mass is 32.2. The Bertz CT molecular complexity index is 764. The van der Waals surface area contributed by atoms with Gasteiger partial charge in [0, 0.05) is 18.8 Å². The van der Waals surface area contributed by atoms with E-state index in [-0.39, 0.29) is 32.0 Å². The van der Waals surface area contributed by atoms with Crippen molar-refractivity contribution in [1.29, 1.82) is 0 Å². The number of anilines is 1. The fraction of sp³-hybridized carbons (Fsp3) is 0.429. The third-order valence-electron chi connectivity index (χ3n) is 3.54. The Hall–Kier alpha value is -2.24. The molecule has 0 radical (unpaired) electrons. The van der Waals surface area contributed by atoms with E-state index < -0.39 is 38.7 Å². The van der Waals surface area contributed by atoms with Crippen LogP contribution >= 0.6 is 0 Å². The average Bonchev–Trinajstić information content (AvgIpc) is 2.56. The van der Waals surface area contributed by atoms with Crippen LogP contribution in [0.2, 0.25) is 0 Å². The van der Waals surface area contributed by atoms with E-state index in [1.807, 2.05) is 0 Å². The summed E-state index contributed by atoms with van der Waals surface area (Å²) in [5, 5.41) is 4.59. The van der Waals surface area contributed by atoms with Gasteiger partial charge in [-0.05, 0) is 25.1 Å². The number of hydrogen-bond acceptors (Lipinski definition) is 5. The van der Waals surface area contributed by atoms with Crippen molar-refractivity contribution in [1.82, 2.24) is 9.62 Å². The number of rotatable bonds is 5. The number of amides is 3. The second-order valence-corrected chi connectivity index (χ2v) is 7.29. The molecule has 0 saturated carbocycles. The molecule has 1 fully saturated rings. The van der Waals surface area contributed by atoms with Gasteiger partial charge in [0.1, 0.15) is 16.8 Å². The van der Waals surface area contributed by atoms with Crippen LogP contribution in [-0.4, -0.2) is 57.0 Å². The molecule has 0 unspecified atom stereocenters. The number of sulfonamides is 1. The molecule has 1 aromatic rings. The maximum absolute atomic E-state index is 14.1. The average molecular weight is 374 g/mol. The molecule has 3 amide bonds. The molecular formula is C14H19FN4O5S. The van der Waals surface area contributed by atoms with Crippen molar-refractivity contribution in [2.75, 3.05) is 31.6 Å². The fourth-order valence-electron chi connectivity index (χ4n) is 2.23. The summed E-state index contributed by atoms with van der Waals surface area (Å²) in [5.41, 5.74) is 5.01. The van der Waals surface area contributed by atoms with Gasteiger partial charge < -0.3 is 21.1 Å². The van der Waals surface area contributed by atoms with Crippen LogP contribution in [0, 0.1) is 5.82 Å². The minimum Gasteiger partial charge on any atom is -0.379 e. The number of halogens is 1.